The highest BCUT2D eigenvalue weighted by Crippen LogP contribution is 1.89. The van der Waals surface area contributed by atoms with Crippen molar-refractivity contribution in [3.63, 3.8) is 0 Å². The molecule has 0 aromatic carbocycles. The lowest BCUT2D eigenvalue weighted by Gasteiger charge is -2.17. The number of ether oxygens (including phenoxy) is 1. The van der Waals surface area contributed by atoms with Crippen LogP contribution in [0.5, 0.6) is 0 Å². The second-order valence-corrected chi connectivity index (χ2v) is 4.10. The molecule has 3 nitrogen and oxygen atoms in total. The van der Waals surface area contributed by atoms with Crippen LogP contribution in [0.1, 0.15) is 40.0 Å². The summed E-state index contributed by atoms with van der Waals surface area (Å²) in [6, 6.07) is 0. The summed E-state index contributed by atoms with van der Waals surface area (Å²) < 4.78 is 5.47. The smallest absolute Gasteiger partial charge is 0.0590 e. The van der Waals surface area contributed by atoms with Crippen LogP contribution in [0, 0.1) is 0 Å². The van der Waals surface area contributed by atoms with Gasteiger partial charge in [0, 0.05) is 13.2 Å². The third-order valence-electron chi connectivity index (χ3n) is 2.79. The molecule has 0 amide bonds. The van der Waals surface area contributed by atoms with Gasteiger partial charge in [-0.3, -0.25) is 0 Å². The summed E-state index contributed by atoms with van der Waals surface area (Å²) in [5.41, 5.74) is 0. The molecule has 0 atom stereocenters. The standard InChI is InChI=1S/C13H30N2O/c1-4-7-12-16-13-10-14-9-8-11-15(5-2)6-3/h14H,4-13H2,1-3H3. The fourth-order valence-corrected chi connectivity index (χ4v) is 1.59. The van der Waals surface area contributed by atoms with Crippen LogP contribution in [0.4, 0.5) is 0 Å². The Kier molecular flexibility index (Phi) is 12.9. The molecule has 0 fully saturated rings. The van der Waals surface area contributed by atoms with Crippen molar-refractivity contribution in [3.05, 3.63) is 0 Å². The molecule has 0 aliphatic rings. The van der Waals surface area contributed by atoms with Crippen molar-refractivity contribution in [2.24, 2.45) is 0 Å². The van der Waals surface area contributed by atoms with Gasteiger partial charge in [-0.25, -0.2) is 0 Å². The summed E-state index contributed by atoms with van der Waals surface area (Å²) >= 11 is 0. The molecule has 16 heavy (non-hydrogen) atoms. The van der Waals surface area contributed by atoms with Gasteiger partial charge in [0.05, 0.1) is 6.61 Å². The maximum absolute atomic E-state index is 5.47. The SMILES string of the molecule is CCCCOCCNCCCN(CC)CC. The molecule has 98 valence electrons. The molecule has 0 bridgehead atoms. The average molecular weight is 230 g/mol. The van der Waals surface area contributed by atoms with E-state index in [2.05, 4.69) is 31.0 Å². The lowest BCUT2D eigenvalue weighted by molar-refractivity contribution is 0.133. The minimum absolute atomic E-state index is 0.852. The summed E-state index contributed by atoms with van der Waals surface area (Å²) in [6.45, 7) is 14.0. The van der Waals surface area contributed by atoms with Crippen LogP contribution < -0.4 is 5.32 Å². The van der Waals surface area contributed by atoms with E-state index in [0.29, 0.717) is 0 Å². The Bertz CT molecular complexity index is 127. The number of nitrogens with one attached hydrogen (secondary N) is 1. The third kappa shape index (κ3) is 10.4. The van der Waals surface area contributed by atoms with Crippen molar-refractivity contribution in [1.82, 2.24) is 10.2 Å². The van der Waals surface area contributed by atoms with Crippen LogP contribution in [0.25, 0.3) is 0 Å². The monoisotopic (exact) mass is 230 g/mol. The molecule has 0 aromatic rings. The van der Waals surface area contributed by atoms with E-state index < -0.39 is 0 Å². The zero-order valence-corrected chi connectivity index (χ0v) is 11.4. The number of hydrogen-bond donors (Lipinski definition) is 1. The number of rotatable bonds is 12. The Morgan fingerprint density at radius 1 is 0.938 bits per heavy atom. The molecule has 0 rings (SSSR count). The van der Waals surface area contributed by atoms with E-state index in [1.807, 2.05) is 0 Å². The van der Waals surface area contributed by atoms with E-state index in [0.717, 1.165) is 39.4 Å². The molecule has 0 heterocycles. The maximum atomic E-state index is 5.47. The molecule has 0 radical (unpaired) electrons. The molecule has 0 saturated heterocycles. The van der Waals surface area contributed by atoms with Crippen LogP contribution in [0.3, 0.4) is 0 Å². The van der Waals surface area contributed by atoms with E-state index in [4.69, 9.17) is 4.74 Å². The minimum Gasteiger partial charge on any atom is -0.380 e. The van der Waals surface area contributed by atoms with E-state index in [1.165, 1.54) is 25.8 Å². The summed E-state index contributed by atoms with van der Waals surface area (Å²) in [5, 5.41) is 3.41. The van der Waals surface area contributed by atoms with Crippen LogP contribution in [-0.2, 0) is 4.74 Å². The number of hydrogen-bond acceptors (Lipinski definition) is 3. The van der Waals surface area contributed by atoms with Crippen molar-refractivity contribution in [2.45, 2.75) is 40.0 Å². The second-order valence-electron chi connectivity index (χ2n) is 4.10. The van der Waals surface area contributed by atoms with Crippen molar-refractivity contribution in [2.75, 3.05) is 45.9 Å². The van der Waals surface area contributed by atoms with Crippen LogP contribution in [0.2, 0.25) is 0 Å². The number of unbranched alkanes of at least 4 members (excludes halogenated alkanes) is 1. The minimum atomic E-state index is 0.852. The highest BCUT2D eigenvalue weighted by atomic mass is 16.5. The quantitative estimate of drug-likeness (QED) is 0.520. The van der Waals surface area contributed by atoms with Crippen molar-refractivity contribution < 1.29 is 4.74 Å². The first-order valence-corrected chi connectivity index (χ1v) is 6.85. The molecule has 3 heteroatoms. The molecule has 0 spiro atoms. The highest BCUT2D eigenvalue weighted by molar-refractivity contribution is 4.54. The van der Waals surface area contributed by atoms with Gasteiger partial charge in [-0.15, -0.1) is 0 Å². The summed E-state index contributed by atoms with van der Waals surface area (Å²) in [6.07, 6.45) is 3.63. The first-order valence-electron chi connectivity index (χ1n) is 6.85. The molecule has 0 aliphatic carbocycles. The topological polar surface area (TPSA) is 24.5 Å². The van der Waals surface area contributed by atoms with Crippen LogP contribution >= 0.6 is 0 Å². The van der Waals surface area contributed by atoms with Crippen molar-refractivity contribution >= 4 is 0 Å². The fourth-order valence-electron chi connectivity index (χ4n) is 1.59. The van der Waals surface area contributed by atoms with Crippen LogP contribution in [-0.4, -0.2) is 50.8 Å². The van der Waals surface area contributed by atoms with E-state index >= 15 is 0 Å². The Morgan fingerprint density at radius 2 is 1.69 bits per heavy atom. The maximum Gasteiger partial charge on any atom is 0.0590 e. The largest absolute Gasteiger partial charge is 0.380 e. The molecule has 1 N–H and O–H groups in total. The Hall–Kier alpha value is -0.120. The van der Waals surface area contributed by atoms with Gasteiger partial charge in [0.25, 0.3) is 0 Å². The predicted octanol–water partition coefficient (Wildman–Crippen LogP) is 2.12. The first-order chi connectivity index (χ1) is 7.85. The lowest BCUT2D eigenvalue weighted by Crippen LogP contribution is -2.28. The number of nitrogens with zero attached hydrogens (tertiary/aromatic N) is 1. The predicted molar refractivity (Wildman–Crippen MR) is 71.0 cm³/mol. The lowest BCUT2D eigenvalue weighted by atomic mass is 10.3. The van der Waals surface area contributed by atoms with E-state index in [-0.39, 0.29) is 0 Å². The van der Waals surface area contributed by atoms with E-state index in [1.54, 1.807) is 0 Å². The fraction of sp³-hybridized carbons (Fsp3) is 1.00. The Labute approximate surface area is 102 Å². The summed E-state index contributed by atoms with van der Waals surface area (Å²) in [5.74, 6) is 0. The molecule has 0 aliphatic heterocycles. The Morgan fingerprint density at radius 3 is 2.31 bits per heavy atom. The summed E-state index contributed by atoms with van der Waals surface area (Å²) in [4.78, 5) is 2.46. The van der Waals surface area contributed by atoms with Crippen molar-refractivity contribution in [3.8, 4) is 0 Å². The van der Waals surface area contributed by atoms with Gasteiger partial charge in [0.15, 0.2) is 0 Å². The molecular formula is C13H30N2O. The summed E-state index contributed by atoms with van der Waals surface area (Å²) in [7, 11) is 0. The van der Waals surface area contributed by atoms with Gasteiger partial charge in [-0.1, -0.05) is 27.2 Å². The average Bonchev–Trinajstić information content (AvgIpc) is 2.32. The second kappa shape index (κ2) is 12.9. The van der Waals surface area contributed by atoms with Gasteiger partial charge in [0.2, 0.25) is 0 Å². The van der Waals surface area contributed by atoms with Gasteiger partial charge in [-0.2, -0.15) is 0 Å². The zero-order chi connectivity index (χ0) is 12.1. The molecule has 0 unspecified atom stereocenters. The third-order valence-corrected chi connectivity index (χ3v) is 2.79. The van der Waals surface area contributed by atoms with Gasteiger partial charge >= 0.3 is 0 Å². The van der Waals surface area contributed by atoms with Crippen molar-refractivity contribution in [1.29, 1.82) is 0 Å². The zero-order valence-electron chi connectivity index (χ0n) is 11.4. The molecular weight excluding hydrogens is 200 g/mol. The van der Waals surface area contributed by atoms with Crippen LogP contribution in [0.15, 0.2) is 0 Å². The van der Waals surface area contributed by atoms with Gasteiger partial charge in [0.1, 0.15) is 0 Å². The molecule has 0 saturated carbocycles. The van der Waals surface area contributed by atoms with Gasteiger partial charge in [-0.05, 0) is 39.0 Å². The highest BCUT2D eigenvalue weighted by Gasteiger charge is 1.97. The Balaban J connectivity index is 3.03. The first kappa shape index (κ1) is 15.9. The van der Waals surface area contributed by atoms with Gasteiger partial charge < -0.3 is 15.0 Å². The molecule has 0 aromatic heterocycles. The van der Waals surface area contributed by atoms with E-state index in [9.17, 15) is 0 Å². The normalized spacial score (nSPS) is 11.2.